The molecule has 0 bridgehead atoms. The van der Waals surface area contributed by atoms with Crippen molar-refractivity contribution in [3.8, 4) is 0 Å². The lowest BCUT2D eigenvalue weighted by Gasteiger charge is -2.25. The van der Waals surface area contributed by atoms with E-state index in [0.717, 1.165) is 0 Å². The summed E-state index contributed by atoms with van der Waals surface area (Å²) in [4.78, 5) is 23.8. The molecule has 24 heavy (non-hydrogen) atoms. The Morgan fingerprint density at radius 3 is 2.46 bits per heavy atom. The topological polar surface area (TPSA) is 119 Å². The van der Waals surface area contributed by atoms with E-state index in [1.54, 1.807) is 0 Å². The molecule has 1 rings (SSSR count). The smallest absolute Gasteiger partial charge is 0.426 e. The number of hydrogen-bond donors (Lipinski definition) is 5. The van der Waals surface area contributed by atoms with Crippen LogP contribution in [0.2, 0.25) is 10.0 Å². The second-order valence-electron chi connectivity index (χ2n) is 5.91. The third kappa shape index (κ3) is 7.06. The fourth-order valence-electron chi connectivity index (χ4n) is 1.95. The first-order valence-electron chi connectivity index (χ1n) is 7.11. The number of benzene rings is 1. The molecule has 0 spiro atoms. The molecule has 0 aliphatic rings. The van der Waals surface area contributed by atoms with Crippen molar-refractivity contribution in [2.24, 2.45) is 0 Å². The van der Waals surface area contributed by atoms with Crippen LogP contribution in [0.1, 0.15) is 30.6 Å². The predicted molar refractivity (Wildman–Crippen MR) is 91.8 cm³/mol. The number of aliphatic hydroxyl groups is 1. The molecule has 0 saturated heterocycles. The van der Waals surface area contributed by atoms with Gasteiger partial charge in [-0.2, -0.15) is 0 Å². The molecule has 1 aromatic rings. The fourth-order valence-corrected chi connectivity index (χ4v) is 2.33. The third-order valence-corrected chi connectivity index (χ3v) is 3.57. The van der Waals surface area contributed by atoms with E-state index in [4.69, 9.17) is 23.2 Å². The molecule has 2 amide bonds. The molecule has 0 heterocycles. The molecule has 0 unspecified atom stereocenters. The van der Waals surface area contributed by atoms with Crippen LogP contribution in [0.3, 0.4) is 0 Å². The minimum atomic E-state index is -1.85. The highest BCUT2D eigenvalue weighted by Crippen LogP contribution is 2.20. The van der Waals surface area contributed by atoms with Gasteiger partial charge >= 0.3 is 7.12 Å². The van der Waals surface area contributed by atoms with E-state index in [1.807, 2.05) is 0 Å². The van der Waals surface area contributed by atoms with Crippen LogP contribution in [0.25, 0.3) is 0 Å². The fraction of sp³-hybridized carbons (Fsp3) is 0.429. The van der Waals surface area contributed by atoms with Gasteiger partial charge in [0.15, 0.2) is 0 Å². The molecule has 1 aromatic carbocycles. The Kier molecular flexibility index (Phi) is 7.50. The van der Waals surface area contributed by atoms with Crippen molar-refractivity contribution in [1.82, 2.24) is 10.6 Å². The Morgan fingerprint density at radius 2 is 1.92 bits per heavy atom. The van der Waals surface area contributed by atoms with E-state index < -0.39 is 37.0 Å². The monoisotopic (exact) mass is 376 g/mol. The summed E-state index contributed by atoms with van der Waals surface area (Å²) in [5, 5.41) is 33.4. The number of hydrogen-bond acceptors (Lipinski definition) is 5. The first-order chi connectivity index (χ1) is 11.0. The predicted octanol–water partition coefficient (Wildman–Crippen LogP) is 0.381. The summed E-state index contributed by atoms with van der Waals surface area (Å²) in [6.07, 6.45) is -0.0789. The van der Waals surface area contributed by atoms with Gasteiger partial charge in [0.2, 0.25) is 5.91 Å². The van der Waals surface area contributed by atoms with Gasteiger partial charge in [0, 0.05) is 5.02 Å². The van der Waals surface area contributed by atoms with Gasteiger partial charge in [0.25, 0.3) is 5.91 Å². The lowest BCUT2D eigenvalue weighted by Crippen LogP contribution is -2.52. The molecule has 0 radical (unpaired) electrons. The minimum absolute atomic E-state index is 0.0789. The van der Waals surface area contributed by atoms with Gasteiger partial charge in [-0.1, -0.05) is 23.2 Å². The Hall–Kier alpha value is -1.32. The third-order valence-electron chi connectivity index (χ3n) is 3.01. The Labute approximate surface area is 150 Å². The average Bonchev–Trinajstić information content (AvgIpc) is 2.45. The zero-order chi connectivity index (χ0) is 18.5. The molecule has 7 nitrogen and oxygen atoms in total. The number of halogens is 2. The highest BCUT2D eigenvalue weighted by molar-refractivity contribution is 6.43. The van der Waals surface area contributed by atoms with Gasteiger partial charge in [0.1, 0.15) is 0 Å². The number of amides is 2. The van der Waals surface area contributed by atoms with Crippen LogP contribution in [-0.4, -0.2) is 52.2 Å². The summed E-state index contributed by atoms with van der Waals surface area (Å²) in [6, 6.07) is 4.35. The van der Waals surface area contributed by atoms with Crippen molar-refractivity contribution in [2.75, 3.05) is 6.54 Å². The molecule has 0 saturated carbocycles. The van der Waals surface area contributed by atoms with Gasteiger partial charge < -0.3 is 25.8 Å². The SMILES string of the molecule is CC(C)(O)C[C@H](NC(=O)CNC(=O)c1cc(Cl)ccc1Cl)B(O)O. The van der Waals surface area contributed by atoms with Gasteiger partial charge in [-0.25, -0.2) is 0 Å². The lowest BCUT2D eigenvalue weighted by atomic mass is 9.74. The summed E-state index contributed by atoms with van der Waals surface area (Å²) in [5.41, 5.74) is -1.09. The second-order valence-corrected chi connectivity index (χ2v) is 6.75. The molecule has 5 N–H and O–H groups in total. The highest BCUT2D eigenvalue weighted by atomic mass is 35.5. The molecule has 132 valence electrons. The first-order valence-corrected chi connectivity index (χ1v) is 7.86. The number of rotatable bonds is 7. The van der Waals surface area contributed by atoms with Gasteiger partial charge in [-0.05, 0) is 38.5 Å². The zero-order valence-electron chi connectivity index (χ0n) is 13.2. The molecule has 0 aromatic heterocycles. The minimum Gasteiger partial charge on any atom is -0.426 e. The van der Waals surface area contributed by atoms with Crippen LogP contribution in [0, 0.1) is 0 Å². The van der Waals surface area contributed by atoms with Crippen molar-refractivity contribution in [1.29, 1.82) is 0 Å². The van der Waals surface area contributed by atoms with E-state index in [0.29, 0.717) is 5.02 Å². The summed E-state index contributed by atoms with van der Waals surface area (Å²) < 4.78 is 0. The molecule has 1 atom stereocenters. The molecule has 0 aliphatic heterocycles. The van der Waals surface area contributed by atoms with Crippen LogP contribution in [0.4, 0.5) is 0 Å². The van der Waals surface area contributed by atoms with E-state index in [1.165, 1.54) is 32.0 Å². The van der Waals surface area contributed by atoms with Crippen LogP contribution in [-0.2, 0) is 4.79 Å². The normalized spacial score (nSPS) is 12.5. The van der Waals surface area contributed by atoms with Crippen LogP contribution in [0.15, 0.2) is 18.2 Å². The maximum absolute atomic E-state index is 12.0. The Morgan fingerprint density at radius 1 is 1.29 bits per heavy atom. The van der Waals surface area contributed by atoms with E-state index in [9.17, 15) is 24.7 Å². The van der Waals surface area contributed by atoms with E-state index in [2.05, 4.69) is 10.6 Å². The van der Waals surface area contributed by atoms with Gasteiger partial charge in [-0.15, -0.1) is 0 Å². The molecule has 0 fully saturated rings. The van der Waals surface area contributed by atoms with E-state index in [-0.39, 0.29) is 17.0 Å². The highest BCUT2D eigenvalue weighted by Gasteiger charge is 2.30. The summed E-state index contributed by atoms with van der Waals surface area (Å²) in [7, 11) is -1.85. The van der Waals surface area contributed by atoms with Crippen molar-refractivity contribution in [3.05, 3.63) is 33.8 Å². The van der Waals surface area contributed by atoms with Crippen molar-refractivity contribution in [2.45, 2.75) is 31.8 Å². The van der Waals surface area contributed by atoms with Crippen LogP contribution < -0.4 is 10.6 Å². The maximum atomic E-state index is 12.0. The Bertz CT molecular complexity index is 607. The van der Waals surface area contributed by atoms with Crippen molar-refractivity contribution >= 4 is 42.1 Å². The van der Waals surface area contributed by atoms with Crippen molar-refractivity contribution < 1.29 is 24.7 Å². The van der Waals surface area contributed by atoms with Crippen molar-refractivity contribution in [3.63, 3.8) is 0 Å². The number of carbonyl (C=O) groups is 2. The zero-order valence-corrected chi connectivity index (χ0v) is 14.7. The van der Waals surface area contributed by atoms with E-state index >= 15 is 0 Å². The van der Waals surface area contributed by atoms with Crippen LogP contribution >= 0.6 is 23.2 Å². The van der Waals surface area contributed by atoms with Gasteiger partial charge in [-0.3, -0.25) is 9.59 Å². The largest absolute Gasteiger partial charge is 0.475 e. The lowest BCUT2D eigenvalue weighted by molar-refractivity contribution is -0.120. The first kappa shape index (κ1) is 20.7. The summed E-state index contributed by atoms with van der Waals surface area (Å²) >= 11 is 11.7. The number of nitrogens with one attached hydrogen (secondary N) is 2. The molecular formula is C14H19BCl2N2O5. The Balaban J connectivity index is 2.61. The second kappa shape index (κ2) is 8.69. The average molecular weight is 377 g/mol. The standard InChI is InChI=1S/C14H19BCl2N2O5/c1-14(2,22)6-11(15(23)24)19-12(20)7-18-13(21)9-5-8(16)3-4-10(9)17/h3-5,11,22-24H,6-7H2,1-2H3,(H,18,21)(H,19,20)/t11-/m0/s1. The molecule has 0 aliphatic carbocycles. The quantitative estimate of drug-likeness (QED) is 0.441. The number of carbonyl (C=O) groups excluding carboxylic acids is 2. The summed E-state index contributed by atoms with van der Waals surface area (Å²) in [6.45, 7) is 2.53. The molecular weight excluding hydrogens is 358 g/mol. The van der Waals surface area contributed by atoms with Gasteiger partial charge in [0.05, 0.1) is 28.7 Å². The maximum Gasteiger partial charge on any atom is 0.475 e. The van der Waals surface area contributed by atoms with Crippen LogP contribution in [0.5, 0.6) is 0 Å². The summed E-state index contributed by atoms with van der Waals surface area (Å²) in [5.74, 6) is -2.32. The molecule has 10 heteroatoms.